The number of anilines is 1. The number of nitrogens with zero attached hydrogens (tertiary/aromatic N) is 1. The van der Waals surface area contributed by atoms with Gasteiger partial charge in [-0.15, -0.1) is 0 Å². The first kappa shape index (κ1) is 24.2. The summed E-state index contributed by atoms with van der Waals surface area (Å²) in [5, 5.41) is -0.741. The Balaban J connectivity index is 2.04. The number of pyridine rings is 1. The SMILES string of the molecule is O=C(c1ccc(F)cc1F)c1ncc(Cl)cc1NS(O)(O)c1ccc(Cl)c(C(F)(F)F)c1. The highest BCUT2D eigenvalue weighted by atomic mass is 35.5. The Labute approximate surface area is 189 Å². The van der Waals surface area contributed by atoms with Gasteiger partial charge < -0.3 is 0 Å². The maximum absolute atomic E-state index is 14.0. The fraction of sp³-hybridized carbons (Fsp3) is 0.0526. The van der Waals surface area contributed by atoms with Crippen LogP contribution in [-0.2, 0) is 6.18 Å². The van der Waals surface area contributed by atoms with Gasteiger partial charge in [-0.05, 0) is 36.4 Å². The Kier molecular flexibility index (Phi) is 6.68. The van der Waals surface area contributed by atoms with Crippen LogP contribution in [0.5, 0.6) is 0 Å². The average Bonchev–Trinajstić information content (AvgIpc) is 2.66. The number of hydrogen-bond acceptors (Lipinski definition) is 5. The Morgan fingerprint density at radius 3 is 2.34 bits per heavy atom. The molecule has 1 heterocycles. The first-order chi connectivity index (χ1) is 14.8. The fourth-order valence-corrected chi connectivity index (χ4v) is 4.11. The molecule has 0 radical (unpaired) electrons. The minimum Gasteiger partial charge on any atom is -0.287 e. The van der Waals surface area contributed by atoms with Crippen LogP contribution in [0.3, 0.4) is 0 Å². The largest absolute Gasteiger partial charge is 0.417 e. The van der Waals surface area contributed by atoms with Crippen molar-refractivity contribution >= 4 is 45.4 Å². The van der Waals surface area contributed by atoms with Crippen molar-refractivity contribution in [1.29, 1.82) is 0 Å². The number of ketones is 1. The van der Waals surface area contributed by atoms with Crippen LogP contribution in [0.2, 0.25) is 10.0 Å². The summed E-state index contributed by atoms with van der Waals surface area (Å²) in [7, 11) is -4.20. The van der Waals surface area contributed by atoms with Crippen molar-refractivity contribution < 1.29 is 35.9 Å². The molecule has 3 N–H and O–H groups in total. The maximum atomic E-state index is 14.0. The van der Waals surface area contributed by atoms with Gasteiger partial charge in [0, 0.05) is 12.3 Å². The third-order valence-electron chi connectivity index (χ3n) is 4.07. The molecule has 0 aliphatic rings. The lowest BCUT2D eigenvalue weighted by atomic mass is 10.1. The van der Waals surface area contributed by atoms with Crippen LogP contribution in [0.25, 0.3) is 0 Å². The van der Waals surface area contributed by atoms with Crippen LogP contribution >= 0.6 is 34.0 Å². The third-order valence-corrected chi connectivity index (χ3v) is 6.02. The minimum absolute atomic E-state index is 0.0779. The normalized spacial score (nSPS) is 12.5. The highest BCUT2D eigenvalue weighted by Gasteiger charge is 2.35. The zero-order valence-corrected chi connectivity index (χ0v) is 17.8. The first-order valence-corrected chi connectivity index (χ1v) is 10.7. The summed E-state index contributed by atoms with van der Waals surface area (Å²) in [6.07, 6.45) is -3.86. The fourth-order valence-electron chi connectivity index (χ4n) is 2.61. The van der Waals surface area contributed by atoms with E-state index in [0.29, 0.717) is 12.1 Å². The average molecular weight is 513 g/mol. The van der Waals surface area contributed by atoms with Crippen molar-refractivity contribution in [1.82, 2.24) is 4.98 Å². The van der Waals surface area contributed by atoms with Crippen molar-refractivity contribution in [3.05, 3.63) is 87.2 Å². The summed E-state index contributed by atoms with van der Waals surface area (Å²) in [5.41, 5.74) is -2.83. The van der Waals surface area contributed by atoms with E-state index in [4.69, 9.17) is 23.2 Å². The molecule has 0 amide bonds. The molecule has 2 aromatic carbocycles. The van der Waals surface area contributed by atoms with Crippen LogP contribution in [0.15, 0.2) is 53.6 Å². The minimum atomic E-state index is -4.87. The standard InChI is InChI=1S/C19H11Cl2F5N2O3S/c20-9-5-16(17(27-8-9)18(29)12-3-1-10(22)6-15(12)23)28-32(30,31)11-2-4-14(21)13(7-11)19(24,25)26/h1-8,28,30-31H. The van der Waals surface area contributed by atoms with Crippen molar-refractivity contribution in [2.75, 3.05) is 4.72 Å². The Morgan fingerprint density at radius 2 is 1.72 bits per heavy atom. The number of benzene rings is 2. The van der Waals surface area contributed by atoms with Gasteiger partial charge >= 0.3 is 6.18 Å². The first-order valence-electron chi connectivity index (χ1n) is 8.37. The molecular weight excluding hydrogens is 502 g/mol. The number of carbonyl (C=O) groups is 1. The molecule has 3 rings (SSSR count). The number of hydrogen-bond donors (Lipinski definition) is 3. The smallest absolute Gasteiger partial charge is 0.287 e. The van der Waals surface area contributed by atoms with E-state index in [1.165, 1.54) is 0 Å². The van der Waals surface area contributed by atoms with E-state index in [-0.39, 0.29) is 5.02 Å². The lowest BCUT2D eigenvalue weighted by molar-refractivity contribution is -0.137. The number of carbonyl (C=O) groups excluding carboxylic acids is 1. The van der Waals surface area contributed by atoms with Crippen LogP contribution in [0.4, 0.5) is 27.6 Å². The van der Waals surface area contributed by atoms with Gasteiger partial charge in [-0.2, -0.15) is 13.2 Å². The highest BCUT2D eigenvalue weighted by molar-refractivity contribution is 8.25. The predicted molar refractivity (Wildman–Crippen MR) is 110 cm³/mol. The lowest BCUT2D eigenvalue weighted by Gasteiger charge is -2.34. The van der Waals surface area contributed by atoms with Crippen molar-refractivity contribution in [3.63, 3.8) is 0 Å². The van der Waals surface area contributed by atoms with Crippen LogP contribution in [0.1, 0.15) is 21.6 Å². The quantitative estimate of drug-likeness (QED) is 0.252. The van der Waals surface area contributed by atoms with Gasteiger partial charge in [-0.1, -0.05) is 34.0 Å². The summed E-state index contributed by atoms with van der Waals surface area (Å²) in [5.74, 6) is -3.19. The van der Waals surface area contributed by atoms with Crippen molar-refractivity contribution in [2.45, 2.75) is 11.1 Å². The van der Waals surface area contributed by atoms with Gasteiger partial charge in [-0.3, -0.25) is 18.6 Å². The molecule has 32 heavy (non-hydrogen) atoms. The molecule has 0 spiro atoms. The molecular formula is C19H11Cl2F5N2O3S. The van der Waals surface area contributed by atoms with Gasteiger partial charge in [-0.25, -0.2) is 13.8 Å². The number of nitrogens with one attached hydrogen (secondary N) is 1. The van der Waals surface area contributed by atoms with Crippen LogP contribution < -0.4 is 4.72 Å². The van der Waals surface area contributed by atoms with E-state index < -0.39 is 66.8 Å². The number of halogens is 7. The highest BCUT2D eigenvalue weighted by Crippen LogP contribution is 2.50. The molecule has 0 aliphatic heterocycles. The number of alkyl halides is 3. The van der Waals surface area contributed by atoms with Crippen LogP contribution in [0, 0.1) is 11.6 Å². The molecule has 5 nitrogen and oxygen atoms in total. The van der Waals surface area contributed by atoms with Gasteiger partial charge in [0.15, 0.2) is 0 Å². The number of rotatable bonds is 5. The van der Waals surface area contributed by atoms with E-state index in [9.17, 15) is 35.9 Å². The second kappa shape index (κ2) is 8.83. The van der Waals surface area contributed by atoms with E-state index >= 15 is 0 Å². The lowest BCUT2D eigenvalue weighted by Crippen LogP contribution is -2.16. The molecule has 0 aliphatic carbocycles. The summed E-state index contributed by atoms with van der Waals surface area (Å²) in [4.78, 5) is 15.9. The molecule has 170 valence electrons. The zero-order chi connectivity index (χ0) is 23.8. The Hall–Kier alpha value is -2.44. The predicted octanol–water partition coefficient (Wildman–Crippen LogP) is 7.05. The third kappa shape index (κ3) is 5.13. The summed E-state index contributed by atoms with van der Waals surface area (Å²) in [6, 6.07) is 5.40. The topological polar surface area (TPSA) is 82.5 Å². The van der Waals surface area contributed by atoms with Gasteiger partial charge in [0.2, 0.25) is 5.78 Å². The van der Waals surface area contributed by atoms with E-state index in [0.717, 1.165) is 36.5 Å². The van der Waals surface area contributed by atoms with Gasteiger partial charge in [0.25, 0.3) is 0 Å². The number of aromatic nitrogens is 1. The van der Waals surface area contributed by atoms with Crippen molar-refractivity contribution in [2.24, 2.45) is 0 Å². The Morgan fingerprint density at radius 1 is 1.03 bits per heavy atom. The van der Waals surface area contributed by atoms with E-state index in [1.54, 1.807) is 0 Å². The van der Waals surface area contributed by atoms with Gasteiger partial charge in [0.05, 0.1) is 31.8 Å². The second-order valence-electron chi connectivity index (χ2n) is 6.29. The molecule has 0 fully saturated rings. The molecule has 3 aromatic rings. The summed E-state index contributed by atoms with van der Waals surface area (Å²) < 4.78 is 89.7. The molecule has 0 atom stereocenters. The van der Waals surface area contributed by atoms with E-state index in [2.05, 4.69) is 9.71 Å². The van der Waals surface area contributed by atoms with Crippen LogP contribution in [-0.4, -0.2) is 19.9 Å². The molecule has 1 aromatic heterocycles. The maximum Gasteiger partial charge on any atom is 0.417 e. The van der Waals surface area contributed by atoms with Crippen molar-refractivity contribution in [3.8, 4) is 0 Å². The monoisotopic (exact) mass is 512 g/mol. The zero-order valence-electron chi connectivity index (χ0n) is 15.4. The molecule has 0 saturated heterocycles. The van der Waals surface area contributed by atoms with E-state index in [1.807, 2.05) is 0 Å². The second-order valence-corrected chi connectivity index (χ2v) is 8.91. The Bertz CT molecular complexity index is 1210. The molecule has 0 unspecified atom stereocenters. The summed E-state index contributed by atoms with van der Waals surface area (Å²) >= 11 is 11.4. The summed E-state index contributed by atoms with van der Waals surface area (Å²) in [6.45, 7) is 0. The molecule has 13 heteroatoms. The molecule has 0 saturated carbocycles. The van der Waals surface area contributed by atoms with Gasteiger partial charge in [0.1, 0.15) is 17.3 Å². The molecule has 0 bridgehead atoms.